The Bertz CT molecular complexity index is 1380. The van der Waals surface area contributed by atoms with E-state index >= 15 is 0 Å². The summed E-state index contributed by atoms with van der Waals surface area (Å²) < 4.78 is 10.8. The van der Waals surface area contributed by atoms with Gasteiger partial charge in [0.25, 0.3) is 0 Å². The number of methoxy groups -OCH3 is 2. The lowest BCUT2D eigenvalue weighted by Gasteiger charge is -2.26. The molecule has 1 aliphatic rings. The van der Waals surface area contributed by atoms with Gasteiger partial charge in [0.1, 0.15) is 11.5 Å². The van der Waals surface area contributed by atoms with E-state index in [1.807, 2.05) is 24.3 Å². The second-order valence-corrected chi connectivity index (χ2v) is 9.48. The molecule has 1 unspecified atom stereocenters. The van der Waals surface area contributed by atoms with Crippen LogP contribution in [0.1, 0.15) is 24.5 Å². The van der Waals surface area contributed by atoms with Crippen molar-refractivity contribution in [3.05, 3.63) is 138 Å². The van der Waals surface area contributed by atoms with Crippen LogP contribution < -0.4 is 14.4 Å². The van der Waals surface area contributed by atoms with Crippen molar-refractivity contribution in [2.24, 2.45) is 5.92 Å². The van der Waals surface area contributed by atoms with E-state index in [4.69, 9.17) is 9.47 Å². The van der Waals surface area contributed by atoms with E-state index in [9.17, 15) is 0 Å². The van der Waals surface area contributed by atoms with Crippen molar-refractivity contribution in [2.75, 3.05) is 19.1 Å². The van der Waals surface area contributed by atoms with Gasteiger partial charge in [-0.3, -0.25) is 0 Å². The largest absolute Gasteiger partial charge is 0.497 e. The summed E-state index contributed by atoms with van der Waals surface area (Å²) in [6, 6.07) is 35.6. The molecule has 3 heteroatoms. The number of hydrogen-bond donors (Lipinski definition) is 0. The minimum absolute atomic E-state index is 0.581. The van der Waals surface area contributed by atoms with Gasteiger partial charge in [0.2, 0.25) is 0 Å². The number of anilines is 3. The standard InChI is InChI=1S/C35H33NO2/c1-26-9-13-29(14-10-26)35(28-7-5-4-6-8-28)25-27-11-15-30(16-12-27)36(31-17-21-33(37-2)22-18-31)32-19-23-34(38-3)24-20-32/h4-9,11-26H,10H2,1-3H3. The molecule has 0 N–H and O–H groups in total. The van der Waals surface area contributed by atoms with Crippen LogP contribution in [0.3, 0.4) is 0 Å². The quantitative estimate of drug-likeness (QED) is 0.226. The zero-order valence-corrected chi connectivity index (χ0v) is 22.2. The van der Waals surface area contributed by atoms with Crippen LogP contribution in [0, 0.1) is 5.92 Å². The van der Waals surface area contributed by atoms with Gasteiger partial charge in [0, 0.05) is 17.1 Å². The Labute approximate surface area is 226 Å². The highest BCUT2D eigenvalue weighted by atomic mass is 16.5. The topological polar surface area (TPSA) is 21.7 Å². The Morgan fingerprint density at radius 3 is 1.71 bits per heavy atom. The third-order valence-corrected chi connectivity index (χ3v) is 6.83. The maximum Gasteiger partial charge on any atom is 0.119 e. The molecule has 4 aromatic carbocycles. The molecule has 1 aliphatic carbocycles. The lowest BCUT2D eigenvalue weighted by atomic mass is 9.89. The van der Waals surface area contributed by atoms with E-state index < -0.39 is 0 Å². The summed E-state index contributed by atoms with van der Waals surface area (Å²) in [5.41, 5.74) is 8.07. The van der Waals surface area contributed by atoms with Crippen molar-refractivity contribution in [3.8, 4) is 11.5 Å². The smallest absolute Gasteiger partial charge is 0.119 e. The van der Waals surface area contributed by atoms with E-state index in [0.717, 1.165) is 40.5 Å². The molecular weight excluding hydrogens is 466 g/mol. The maximum absolute atomic E-state index is 5.38. The molecule has 1 atom stereocenters. The van der Waals surface area contributed by atoms with Crippen LogP contribution in [0.4, 0.5) is 17.1 Å². The molecule has 0 fully saturated rings. The Hall–Kier alpha value is -4.50. The number of hydrogen-bond acceptors (Lipinski definition) is 3. The molecule has 0 heterocycles. The fourth-order valence-electron chi connectivity index (χ4n) is 4.67. The Balaban J connectivity index is 1.52. The van der Waals surface area contributed by atoms with Crippen LogP contribution in [-0.4, -0.2) is 14.2 Å². The normalized spacial score (nSPS) is 15.1. The highest BCUT2D eigenvalue weighted by Gasteiger charge is 2.14. The van der Waals surface area contributed by atoms with Crippen LogP contribution in [-0.2, 0) is 0 Å². The van der Waals surface area contributed by atoms with Gasteiger partial charge >= 0.3 is 0 Å². The minimum Gasteiger partial charge on any atom is -0.497 e. The molecule has 0 spiro atoms. The first-order valence-corrected chi connectivity index (χ1v) is 13.0. The van der Waals surface area contributed by atoms with Gasteiger partial charge in [-0.25, -0.2) is 0 Å². The Morgan fingerprint density at radius 1 is 0.711 bits per heavy atom. The number of ether oxygens (including phenoxy) is 2. The fourth-order valence-corrected chi connectivity index (χ4v) is 4.67. The van der Waals surface area contributed by atoms with Gasteiger partial charge in [-0.15, -0.1) is 0 Å². The fraction of sp³-hybridized carbons (Fsp3) is 0.143. The highest BCUT2D eigenvalue weighted by molar-refractivity contribution is 5.93. The molecule has 0 aromatic heterocycles. The predicted molar refractivity (Wildman–Crippen MR) is 160 cm³/mol. The third kappa shape index (κ3) is 5.73. The molecule has 4 aromatic rings. The maximum atomic E-state index is 5.38. The predicted octanol–water partition coefficient (Wildman–Crippen LogP) is 9.24. The van der Waals surface area contributed by atoms with Crippen molar-refractivity contribution < 1.29 is 9.47 Å². The average Bonchev–Trinajstić information content (AvgIpc) is 2.98. The van der Waals surface area contributed by atoms with Crippen LogP contribution >= 0.6 is 0 Å². The van der Waals surface area contributed by atoms with E-state index in [0.29, 0.717) is 5.92 Å². The molecular formula is C35H33NO2. The van der Waals surface area contributed by atoms with Crippen molar-refractivity contribution in [2.45, 2.75) is 13.3 Å². The van der Waals surface area contributed by atoms with Crippen LogP contribution in [0.2, 0.25) is 0 Å². The first-order valence-electron chi connectivity index (χ1n) is 13.0. The number of nitrogens with zero attached hydrogens (tertiary/aromatic N) is 1. The first-order chi connectivity index (χ1) is 18.6. The van der Waals surface area contributed by atoms with E-state index in [2.05, 4.69) is 115 Å². The molecule has 0 bridgehead atoms. The van der Waals surface area contributed by atoms with E-state index in [1.165, 1.54) is 16.7 Å². The van der Waals surface area contributed by atoms with Crippen molar-refractivity contribution in [1.29, 1.82) is 0 Å². The zero-order valence-electron chi connectivity index (χ0n) is 22.2. The lowest BCUT2D eigenvalue weighted by Crippen LogP contribution is -2.09. The van der Waals surface area contributed by atoms with Gasteiger partial charge in [-0.05, 0) is 101 Å². The van der Waals surface area contributed by atoms with E-state index in [1.54, 1.807) is 14.2 Å². The molecule has 5 rings (SSSR count). The lowest BCUT2D eigenvalue weighted by molar-refractivity contribution is 0.415. The molecule has 3 nitrogen and oxygen atoms in total. The number of rotatable bonds is 8. The summed E-state index contributed by atoms with van der Waals surface area (Å²) in [7, 11) is 3.37. The monoisotopic (exact) mass is 499 g/mol. The Morgan fingerprint density at radius 2 is 1.24 bits per heavy atom. The second-order valence-electron chi connectivity index (χ2n) is 9.48. The van der Waals surface area contributed by atoms with Crippen LogP contribution in [0.15, 0.2) is 127 Å². The number of benzene rings is 4. The first kappa shape index (κ1) is 25.2. The SMILES string of the molecule is COc1ccc(N(c2ccc(C=C(C3=CCC(C)C=C3)c3ccccc3)cc2)c2ccc(OC)cc2)cc1. The van der Waals surface area contributed by atoms with Crippen molar-refractivity contribution >= 4 is 28.7 Å². The van der Waals surface area contributed by atoms with Gasteiger partial charge in [0.15, 0.2) is 0 Å². The van der Waals surface area contributed by atoms with Crippen LogP contribution in [0.5, 0.6) is 11.5 Å². The van der Waals surface area contributed by atoms with Crippen molar-refractivity contribution in [1.82, 2.24) is 0 Å². The van der Waals surface area contributed by atoms with Gasteiger partial charge < -0.3 is 14.4 Å². The summed E-state index contributed by atoms with van der Waals surface area (Å²) in [6.07, 6.45) is 10.3. The molecule has 0 saturated carbocycles. The average molecular weight is 500 g/mol. The molecule has 38 heavy (non-hydrogen) atoms. The summed E-state index contributed by atoms with van der Waals surface area (Å²) in [5.74, 6) is 2.24. The van der Waals surface area contributed by atoms with Gasteiger partial charge in [0.05, 0.1) is 14.2 Å². The van der Waals surface area contributed by atoms with Gasteiger partial charge in [-0.1, -0.05) is 67.6 Å². The van der Waals surface area contributed by atoms with E-state index in [-0.39, 0.29) is 0 Å². The zero-order chi connectivity index (χ0) is 26.3. The summed E-state index contributed by atoms with van der Waals surface area (Å²) in [6.45, 7) is 2.26. The van der Waals surface area contributed by atoms with Gasteiger partial charge in [-0.2, -0.15) is 0 Å². The minimum atomic E-state index is 0.581. The summed E-state index contributed by atoms with van der Waals surface area (Å²) in [4.78, 5) is 2.23. The number of allylic oxidation sites excluding steroid dienone is 5. The third-order valence-electron chi connectivity index (χ3n) is 6.83. The Kier molecular flexibility index (Phi) is 7.75. The highest BCUT2D eigenvalue weighted by Crippen LogP contribution is 2.37. The molecule has 0 amide bonds. The molecule has 0 aliphatic heterocycles. The molecule has 0 radical (unpaired) electrons. The second kappa shape index (κ2) is 11.7. The van der Waals surface area contributed by atoms with Crippen molar-refractivity contribution in [3.63, 3.8) is 0 Å². The summed E-state index contributed by atoms with van der Waals surface area (Å²) in [5, 5.41) is 0. The van der Waals surface area contributed by atoms with Crippen LogP contribution in [0.25, 0.3) is 11.6 Å². The molecule has 190 valence electrons. The summed E-state index contributed by atoms with van der Waals surface area (Å²) >= 11 is 0. The molecule has 0 saturated heterocycles.